The van der Waals surface area contributed by atoms with Crippen molar-refractivity contribution in [3.8, 4) is 0 Å². The number of alkyl carbamates (subject to hydrolysis) is 1. The number of nitrogens with zero attached hydrogens (tertiary/aromatic N) is 1. The number of carbonyl (C=O) groups is 3. The number of ether oxygens (including phenoxy) is 1. The smallest absolute Gasteiger partial charge is 0.408 e. The van der Waals surface area contributed by atoms with Gasteiger partial charge in [0, 0.05) is 5.54 Å². The molecule has 0 aliphatic carbocycles. The summed E-state index contributed by atoms with van der Waals surface area (Å²) in [5.41, 5.74) is 2.58. The summed E-state index contributed by atoms with van der Waals surface area (Å²) in [5, 5.41) is 6.23. The van der Waals surface area contributed by atoms with Crippen LogP contribution >= 0.6 is 23.4 Å². The molecule has 0 fully saturated rings. The van der Waals surface area contributed by atoms with E-state index >= 15 is 0 Å². The van der Waals surface area contributed by atoms with Gasteiger partial charge in [-0.15, -0.1) is 0 Å². The monoisotopic (exact) mass is 603 g/mol. The maximum absolute atomic E-state index is 14.6. The Hall–Kier alpha value is -2.71. The number of carbonyl (C=O) groups excluding carboxylic acids is 3. The Labute approximate surface area is 255 Å². The quantitative estimate of drug-likeness (QED) is 0.276. The molecule has 0 bridgehead atoms. The molecule has 0 aliphatic heterocycles. The van der Waals surface area contributed by atoms with Crippen LogP contribution < -0.4 is 10.6 Å². The molecular formula is C32H46ClN3O4S. The van der Waals surface area contributed by atoms with Gasteiger partial charge in [0.2, 0.25) is 5.91 Å². The molecule has 2 rings (SSSR count). The van der Waals surface area contributed by atoms with Gasteiger partial charge in [-0.1, -0.05) is 48.9 Å². The molecule has 0 spiro atoms. The van der Waals surface area contributed by atoms with Gasteiger partial charge in [0.1, 0.15) is 17.7 Å². The van der Waals surface area contributed by atoms with Crippen molar-refractivity contribution in [3.05, 3.63) is 63.7 Å². The largest absolute Gasteiger partial charge is 0.444 e. The standard InChI is InChI=1S/C32H46ClN3O4S/c1-11-32(8,9)36(29(38)25(17-18-41-10)34-30(39)40-31(5,6)7)27(23-16-15-20(2)22(4)19-23)28(37)35-26-21(3)13-12-14-24(26)33/h12-16,19,25,27H,11,17-18H2,1-10H3,(H,34,39)(H,35,37). The highest BCUT2D eigenvalue weighted by Gasteiger charge is 2.43. The van der Waals surface area contributed by atoms with Crippen molar-refractivity contribution in [3.63, 3.8) is 0 Å². The minimum absolute atomic E-state index is 0.356. The predicted molar refractivity (Wildman–Crippen MR) is 171 cm³/mol. The van der Waals surface area contributed by atoms with E-state index in [1.807, 2.05) is 78.1 Å². The zero-order chi connectivity index (χ0) is 31.1. The predicted octanol–water partition coefficient (Wildman–Crippen LogP) is 7.61. The van der Waals surface area contributed by atoms with Gasteiger partial charge in [-0.05, 0) is 109 Å². The molecule has 0 radical (unpaired) electrons. The number of nitrogens with one attached hydrogen (secondary N) is 2. The molecule has 0 aromatic heterocycles. The van der Waals surface area contributed by atoms with Crippen molar-refractivity contribution in [1.82, 2.24) is 10.2 Å². The Bertz CT molecular complexity index is 1220. The maximum atomic E-state index is 14.6. The van der Waals surface area contributed by atoms with Crippen LogP contribution in [0.3, 0.4) is 0 Å². The highest BCUT2D eigenvalue weighted by Crippen LogP contribution is 2.35. The zero-order valence-electron chi connectivity index (χ0n) is 26.1. The van der Waals surface area contributed by atoms with E-state index in [1.165, 1.54) is 0 Å². The fourth-order valence-corrected chi connectivity index (χ4v) is 5.13. The molecule has 0 saturated heterocycles. The number of amides is 3. The van der Waals surface area contributed by atoms with Gasteiger partial charge in [0.15, 0.2) is 0 Å². The summed E-state index contributed by atoms with van der Waals surface area (Å²) in [5.74, 6) is -0.113. The summed E-state index contributed by atoms with van der Waals surface area (Å²) in [4.78, 5) is 43.3. The van der Waals surface area contributed by atoms with E-state index in [1.54, 1.807) is 43.5 Å². The number of para-hydroxylation sites is 1. The van der Waals surface area contributed by atoms with E-state index in [9.17, 15) is 14.4 Å². The lowest BCUT2D eigenvalue weighted by atomic mass is 9.90. The molecule has 7 nitrogen and oxygen atoms in total. The Kier molecular flexibility index (Phi) is 12.2. The van der Waals surface area contributed by atoms with Crippen molar-refractivity contribution >= 4 is 47.0 Å². The Balaban J connectivity index is 2.70. The lowest BCUT2D eigenvalue weighted by Gasteiger charge is -2.44. The fraction of sp³-hybridized carbons (Fsp3) is 0.531. The molecular weight excluding hydrogens is 558 g/mol. The van der Waals surface area contributed by atoms with Crippen molar-refractivity contribution in [2.45, 2.75) is 98.4 Å². The van der Waals surface area contributed by atoms with E-state index in [2.05, 4.69) is 10.6 Å². The molecule has 2 aromatic rings. The average molecular weight is 604 g/mol. The van der Waals surface area contributed by atoms with E-state index < -0.39 is 29.3 Å². The minimum Gasteiger partial charge on any atom is -0.444 e. The number of rotatable bonds is 11. The molecule has 3 amide bonds. The van der Waals surface area contributed by atoms with Crippen LogP contribution in [-0.2, 0) is 14.3 Å². The van der Waals surface area contributed by atoms with E-state index in [-0.39, 0.29) is 11.8 Å². The molecule has 2 unspecified atom stereocenters. The fourth-order valence-electron chi connectivity index (χ4n) is 4.39. The van der Waals surface area contributed by atoms with Gasteiger partial charge in [-0.25, -0.2) is 4.79 Å². The normalized spacial score (nSPS) is 13.2. The lowest BCUT2D eigenvalue weighted by molar-refractivity contribution is -0.147. The van der Waals surface area contributed by atoms with Crippen LogP contribution in [0, 0.1) is 20.8 Å². The van der Waals surface area contributed by atoms with Gasteiger partial charge in [0.05, 0.1) is 10.7 Å². The van der Waals surface area contributed by atoms with Crippen LogP contribution in [0.15, 0.2) is 36.4 Å². The van der Waals surface area contributed by atoms with E-state index in [0.29, 0.717) is 34.9 Å². The van der Waals surface area contributed by atoms with Gasteiger partial charge >= 0.3 is 6.09 Å². The van der Waals surface area contributed by atoms with Crippen LogP contribution in [0.4, 0.5) is 10.5 Å². The molecule has 226 valence electrons. The number of anilines is 1. The SMILES string of the molecule is CCC(C)(C)N(C(=O)C(CCSC)NC(=O)OC(C)(C)C)C(C(=O)Nc1c(C)cccc1Cl)c1ccc(C)c(C)c1. The first kappa shape index (κ1) is 34.5. The van der Waals surface area contributed by atoms with Gasteiger partial charge in [-0.3, -0.25) is 9.59 Å². The Morgan fingerprint density at radius 1 is 1.00 bits per heavy atom. The first-order chi connectivity index (χ1) is 19.0. The zero-order valence-corrected chi connectivity index (χ0v) is 27.7. The van der Waals surface area contributed by atoms with Crippen LogP contribution in [-0.4, -0.2) is 52.0 Å². The minimum atomic E-state index is -0.996. The molecule has 2 N–H and O–H groups in total. The second kappa shape index (κ2) is 14.5. The first-order valence-corrected chi connectivity index (χ1v) is 15.7. The summed E-state index contributed by atoms with van der Waals surface area (Å²) >= 11 is 8.06. The van der Waals surface area contributed by atoms with Gasteiger partial charge < -0.3 is 20.3 Å². The highest BCUT2D eigenvalue weighted by molar-refractivity contribution is 7.98. The third-order valence-corrected chi connectivity index (χ3v) is 8.14. The van der Waals surface area contributed by atoms with Crippen molar-refractivity contribution in [2.75, 3.05) is 17.3 Å². The summed E-state index contributed by atoms with van der Waals surface area (Å²) in [6.45, 7) is 17.0. The summed E-state index contributed by atoms with van der Waals surface area (Å²) in [6, 6.07) is 9.31. The molecule has 0 aliphatic rings. The summed E-state index contributed by atoms with van der Waals surface area (Å²) in [6.07, 6.45) is 2.21. The van der Waals surface area contributed by atoms with Gasteiger partial charge in [0.25, 0.3) is 5.91 Å². The number of halogens is 1. The number of hydrogen-bond acceptors (Lipinski definition) is 5. The van der Waals surface area contributed by atoms with Crippen molar-refractivity contribution in [2.24, 2.45) is 0 Å². The van der Waals surface area contributed by atoms with Crippen LogP contribution in [0.5, 0.6) is 0 Å². The number of hydrogen-bond donors (Lipinski definition) is 2. The highest BCUT2D eigenvalue weighted by atomic mass is 35.5. The second-order valence-electron chi connectivity index (χ2n) is 12.0. The maximum Gasteiger partial charge on any atom is 0.408 e. The number of benzene rings is 2. The van der Waals surface area contributed by atoms with Gasteiger partial charge in [-0.2, -0.15) is 11.8 Å². The molecule has 9 heteroatoms. The van der Waals surface area contributed by atoms with Crippen LogP contribution in [0.1, 0.15) is 82.7 Å². The van der Waals surface area contributed by atoms with E-state index in [0.717, 1.165) is 16.7 Å². The molecule has 0 saturated carbocycles. The third-order valence-electron chi connectivity index (χ3n) is 7.18. The summed E-state index contributed by atoms with van der Waals surface area (Å²) < 4.78 is 5.50. The van der Waals surface area contributed by atoms with E-state index in [4.69, 9.17) is 16.3 Å². The van der Waals surface area contributed by atoms with Crippen molar-refractivity contribution < 1.29 is 19.1 Å². The van der Waals surface area contributed by atoms with Crippen LogP contribution in [0.2, 0.25) is 5.02 Å². The first-order valence-electron chi connectivity index (χ1n) is 14.0. The Morgan fingerprint density at radius 3 is 2.20 bits per heavy atom. The van der Waals surface area contributed by atoms with Crippen molar-refractivity contribution in [1.29, 1.82) is 0 Å². The lowest BCUT2D eigenvalue weighted by Crippen LogP contribution is -2.59. The summed E-state index contributed by atoms with van der Waals surface area (Å²) in [7, 11) is 0. The molecule has 2 aromatic carbocycles. The average Bonchev–Trinajstić information content (AvgIpc) is 2.87. The van der Waals surface area contributed by atoms with Crippen LogP contribution in [0.25, 0.3) is 0 Å². The molecule has 2 atom stereocenters. The molecule has 0 heterocycles. The second-order valence-corrected chi connectivity index (χ2v) is 13.4. The third kappa shape index (κ3) is 9.40. The number of aryl methyl sites for hydroxylation is 3. The Morgan fingerprint density at radius 2 is 1.66 bits per heavy atom. The molecule has 41 heavy (non-hydrogen) atoms. The number of thioether (sulfide) groups is 1. The topological polar surface area (TPSA) is 87.7 Å².